The Hall–Kier alpha value is -3.25. The third-order valence-electron chi connectivity index (χ3n) is 3.70. The van der Waals surface area contributed by atoms with E-state index in [1.54, 1.807) is 36.4 Å². The summed E-state index contributed by atoms with van der Waals surface area (Å²) in [5.41, 5.74) is 0.599. The predicted octanol–water partition coefficient (Wildman–Crippen LogP) is 5.12. The number of anilines is 2. The molecule has 0 aliphatic heterocycles. The monoisotopic (exact) mass is 386 g/mol. The normalized spacial score (nSPS) is 10.3. The van der Waals surface area contributed by atoms with E-state index in [0.717, 1.165) is 12.1 Å². The minimum absolute atomic E-state index is 0.322. The van der Waals surface area contributed by atoms with E-state index in [1.165, 1.54) is 18.2 Å². The van der Waals surface area contributed by atoms with E-state index < -0.39 is 23.1 Å². The van der Waals surface area contributed by atoms with Crippen molar-refractivity contribution < 1.29 is 18.4 Å². The SMILES string of the molecule is O=C(Nc1ccc(NC(=O)c2c(F)cccc2F)cc1)c1ccc(Cl)cc1. The molecule has 2 N–H and O–H groups in total. The fourth-order valence-electron chi connectivity index (χ4n) is 2.35. The Morgan fingerprint density at radius 2 is 1.19 bits per heavy atom. The topological polar surface area (TPSA) is 58.2 Å². The molecule has 3 aromatic carbocycles. The van der Waals surface area contributed by atoms with Crippen LogP contribution < -0.4 is 10.6 Å². The number of carbonyl (C=O) groups excluding carboxylic acids is 2. The van der Waals surface area contributed by atoms with Gasteiger partial charge in [-0.15, -0.1) is 0 Å². The minimum Gasteiger partial charge on any atom is -0.322 e. The second kappa shape index (κ2) is 7.97. The summed E-state index contributed by atoms with van der Waals surface area (Å²) in [4.78, 5) is 24.2. The third-order valence-corrected chi connectivity index (χ3v) is 3.95. The summed E-state index contributed by atoms with van der Waals surface area (Å²) in [6.45, 7) is 0. The van der Waals surface area contributed by atoms with Crippen LogP contribution in [0.3, 0.4) is 0 Å². The Bertz CT molecular complexity index is 970. The molecule has 0 aromatic heterocycles. The van der Waals surface area contributed by atoms with Crippen LogP contribution in [0.25, 0.3) is 0 Å². The summed E-state index contributed by atoms with van der Waals surface area (Å²) >= 11 is 5.79. The smallest absolute Gasteiger partial charge is 0.261 e. The summed E-state index contributed by atoms with van der Waals surface area (Å²) in [7, 11) is 0. The van der Waals surface area contributed by atoms with Gasteiger partial charge >= 0.3 is 0 Å². The van der Waals surface area contributed by atoms with Crippen molar-refractivity contribution in [3.8, 4) is 0 Å². The molecule has 0 bridgehead atoms. The van der Waals surface area contributed by atoms with Crippen molar-refractivity contribution in [3.63, 3.8) is 0 Å². The number of rotatable bonds is 4. The Balaban J connectivity index is 1.67. The van der Waals surface area contributed by atoms with E-state index in [9.17, 15) is 18.4 Å². The van der Waals surface area contributed by atoms with Crippen LogP contribution in [-0.4, -0.2) is 11.8 Å². The molecule has 0 spiro atoms. The molecule has 0 fully saturated rings. The van der Waals surface area contributed by atoms with Crippen LogP contribution in [0.4, 0.5) is 20.2 Å². The van der Waals surface area contributed by atoms with Gasteiger partial charge in [-0.3, -0.25) is 9.59 Å². The van der Waals surface area contributed by atoms with Gasteiger partial charge in [0.05, 0.1) is 0 Å². The van der Waals surface area contributed by atoms with Gasteiger partial charge in [0.15, 0.2) is 0 Å². The standard InChI is InChI=1S/C20H13ClF2N2O2/c21-13-6-4-12(5-7-13)19(26)24-14-8-10-15(11-9-14)25-20(27)18-16(22)2-1-3-17(18)23/h1-11H,(H,24,26)(H,25,27). The molecule has 136 valence electrons. The van der Waals surface area contributed by atoms with Crippen molar-refractivity contribution in [2.24, 2.45) is 0 Å². The lowest BCUT2D eigenvalue weighted by atomic mass is 10.1. The van der Waals surface area contributed by atoms with Gasteiger partial charge in [0, 0.05) is 22.0 Å². The van der Waals surface area contributed by atoms with E-state index >= 15 is 0 Å². The second-order valence-corrected chi connectivity index (χ2v) is 6.03. The highest BCUT2D eigenvalue weighted by Gasteiger charge is 2.17. The molecule has 0 aliphatic rings. The number of benzene rings is 3. The molecule has 3 aromatic rings. The lowest BCUT2D eigenvalue weighted by Gasteiger charge is -2.09. The molecule has 0 heterocycles. The largest absolute Gasteiger partial charge is 0.322 e. The summed E-state index contributed by atoms with van der Waals surface area (Å²) in [6.07, 6.45) is 0. The first-order chi connectivity index (χ1) is 12.9. The van der Waals surface area contributed by atoms with Gasteiger partial charge in [0.1, 0.15) is 17.2 Å². The van der Waals surface area contributed by atoms with E-state index in [2.05, 4.69) is 10.6 Å². The molecule has 0 unspecified atom stereocenters. The first kappa shape index (κ1) is 18.5. The van der Waals surface area contributed by atoms with Gasteiger partial charge < -0.3 is 10.6 Å². The molecule has 2 amide bonds. The van der Waals surface area contributed by atoms with Gasteiger partial charge in [-0.2, -0.15) is 0 Å². The van der Waals surface area contributed by atoms with Crippen molar-refractivity contribution in [3.05, 3.63) is 94.5 Å². The van der Waals surface area contributed by atoms with Gasteiger partial charge in [0.25, 0.3) is 11.8 Å². The van der Waals surface area contributed by atoms with Crippen molar-refractivity contribution in [2.45, 2.75) is 0 Å². The minimum atomic E-state index is -0.945. The molecule has 7 heteroatoms. The Morgan fingerprint density at radius 3 is 1.70 bits per heavy atom. The van der Waals surface area contributed by atoms with Crippen molar-refractivity contribution in [2.75, 3.05) is 10.6 Å². The summed E-state index contributed by atoms with van der Waals surface area (Å²) in [5.74, 6) is -3.11. The third kappa shape index (κ3) is 4.48. The van der Waals surface area contributed by atoms with E-state index in [4.69, 9.17) is 11.6 Å². The number of halogens is 3. The van der Waals surface area contributed by atoms with E-state index in [0.29, 0.717) is 22.0 Å². The highest BCUT2D eigenvalue weighted by atomic mass is 35.5. The van der Waals surface area contributed by atoms with Crippen LogP contribution in [0.2, 0.25) is 5.02 Å². The summed E-state index contributed by atoms with van der Waals surface area (Å²) in [6, 6.07) is 15.7. The quantitative estimate of drug-likeness (QED) is 0.653. The van der Waals surface area contributed by atoms with Crippen molar-refractivity contribution in [1.82, 2.24) is 0 Å². The van der Waals surface area contributed by atoms with E-state index in [1.807, 2.05) is 0 Å². The lowest BCUT2D eigenvalue weighted by molar-refractivity contribution is 0.101. The van der Waals surface area contributed by atoms with Crippen LogP contribution in [0, 0.1) is 11.6 Å². The predicted molar refractivity (Wildman–Crippen MR) is 100 cm³/mol. The van der Waals surface area contributed by atoms with Crippen molar-refractivity contribution >= 4 is 34.8 Å². The zero-order valence-electron chi connectivity index (χ0n) is 13.8. The number of carbonyl (C=O) groups is 2. The van der Waals surface area contributed by atoms with Gasteiger partial charge in [0.2, 0.25) is 0 Å². The van der Waals surface area contributed by atoms with Gasteiger partial charge in [-0.25, -0.2) is 8.78 Å². The van der Waals surface area contributed by atoms with Gasteiger partial charge in [-0.05, 0) is 60.7 Å². The maximum absolute atomic E-state index is 13.6. The Labute approximate surface area is 158 Å². The molecule has 0 atom stereocenters. The average molecular weight is 387 g/mol. The van der Waals surface area contributed by atoms with Crippen LogP contribution in [-0.2, 0) is 0 Å². The highest BCUT2D eigenvalue weighted by Crippen LogP contribution is 2.18. The summed E-state index contributed by atoms with van der Waals surface area (Å²) < 4.78 is 27.3. The molecular weight excluding hydrogens is 374 g/mol. The fraction of sp³-hybridized carbons (Fsp3) is 0. The number of amides is 2. The Kier molecular flexibility index (Phi) is 5.47. The molecule has 0 aliphatic carbocycles. The maximum atomic E-state index is 13.6. The van der Waals surface area contributed by atoms with Crippen LogP contribution in [0.1, 0.15) is 20.7 Å². The first-order valence-electron chi connectivity index (χ1n) is 7.86. The molecular formula is C20H13ClF2N2O2. The summed E-state index contributed by atoms with van der Waals surface area (Å²) in [5, 5.41) is 5.63. The second-order valence-electron chi connectivity index (χ2n) is 5.59. The number of nitrogens with one attached hydrogen (secondary N) is 2. The molecule has 27 heavy (non-hydrogen) atoms. The average Bonchev–Trinajstić information content (AvgIpc) is 2.63. The number of hydrogen-bond donors (Lipinski definition) is 2. The zero-order chi connectivity index (χ0) is 19.4. The van der Waals surface area contributed by atoms with Crippen molar-refractivity contribution in [1.29, 1.82) is 0 Å². The van der Waals surface area contributed by atoms with Crippen LogP contribution in [0.15, 0.2) is 66.7 Å². The van der Waals surface area contributed by atoms with Crippen LogP contribution in [0.5, 0.6) is 0 Å². The number of hydrogen-bond acceptors (Lipinski definition) is 2. The Morgan fingerprint density at radius 1 is 0.704 bits per heavy atom. The maximum Gasteiger partial charge on any atom is 0.261 e. The lowest BCUT2D eigenvalue weighted by Crippen LogP contribution is -2.16. The molecule has 0 radical (unpaired) electrons. The van der Waals surface area contributed by atoms with Gasteiger partial charge in [-0.1, -0.05) is 17.7 Å². The zero-order valence-corrected chi connectivity index (χ0v) is 14.6. The molecule has 0 saturated carbocycles. The van der Waals surface area contributed by atoms with Crippen LogP contribution >= 0.6 is 11.6 Å². The molecule has 4 nitrogen and oxygen atoms in total. The molecule has 3 rings (SSSR count). The fourth-order valence-corrected chi connectivity index (χ4v) is 2.48. The highest BCUT2D eigenvalue weighted by molar-refractivity contribution is 6.30. The first-order valence-corrected chi connectivity index (χ1v) is 8.24. The molecule has 0 saturated heterocycles. The van der Waals surface area contributed by atoms with E-state index in [-0.39, 0.29) is 5.91 Å².